The molecule has 0 saturated carbocycles. The van der Waals surface area contributed by atoms with E-state index in [0.29, 0.717) is 24.1 Å². The van der Waals surface area contributed by atoms with Gasteiger partial charge in [0.2, 0.25) is 5.95 Å². The summed E-state index contributed by atoms with van der Waals surface area (Å²) >= 11 is 5.76. The van der Waals surface area contributed by atoms with Gasteiger partial charge in [-0.3, -0.25) is 0 Å². The first-order chi connectivity index (χ1) is 9.83. The Morgan fingerprint density at radius 2 is 2.10 bits per heavy atom. The van der Waals surface area contributed by atoms with E-state index < -0.39 is 5.60 Å². The Kier molecular flexibility index (Phi) is 4.88. The number of nitrogens with one attached hydrogen (secondary N) is 1. The number of ether oxygens (including phenoxy) is 1. The second-order valence-electron chi connectivity index (χ2n) is 6.13. The fourth-order valence-electron chi connectivity index (χ4n) is 2.16. The van der Waals surface area contributed by atoms with E-state index in [1.165, 1.54) is 0 Å². The van der Waals surface area contributed by atoms with E-state index >= 15 is 0 Å². The molecule has 21 heavy (non-hydrogen) atoms. The van der Waals surface area contributed by atoms with Crippen molar-refractivity contribution in [3.8, 4) is 0 Å². The van der Waals surface area contributed by atoms with E-state index in [1.807, 2.05) is 20.8 Å². The predicted molar refractivity (Wildman–Crippen MR) is 81.5 cm³/mol. The van der Waals surface area contributed by atoms with Crippen molar-refractivity contribution in [2.24, 2.45) is 0 Å². The Balaban J connectivity index is 1.91. The molecule has 1 aromatic rings. The third kappa shape index (κ3) is 5.04. The smallest absolute Gasteiger partial charge is 0.410 e. The number of amides is 1. The molecule has 1 fully saturated rings. The quantitative estimate of drug-likeness (QED) is 0.909. The van der Waals surface area contributed by atoms with Gasteiger partial charge in [-0.05, 0) is 33.6 Å². The lowest BCUT2D eigenvalue weighted by molar-refractivity contribution is 0.0206. The van der Waals surface area contributed by atoms with Gasteiger partial charge in [-0.25, -0.2) is 14.8 Å². The van der Waals surface area contributed by atoms with Crippen LogP contribution in [0.2, 0.25) is 5.02 Å². The molecule has 0 spiro atoms. The number of aromatic nitrogens is 2. The summed E-state index contributed by atoms with van der Waals surface area (Å²) in [5.41, 5.74) is -0.475. The van der Waals surface area contributed by atoms with Gasteiger partial charge in [-0.15, -0.1) is 0 Å². The Labute approximate surface area is 129 Å². The van der Waals surface area contributed by atoms with Gasteiger partial charge in [0.25, 0.3) is 0 Å². The van der Waals surface area contributed by atoms with Gasteiger partial charge in [-0.2, -0.15) is 0 Å². The van der Waals surface area contributed by atoms with Crippen molar-refractivity contribution in [1.82, 2.24) is 14.9 Å². The van der Waals surface area contributed by atoms with Crippen LogP contribution in [0.1, 0.15) is 33.6 Å². The normalized spacial score (nSPS) is 19.2. The summed E-state index contributed by atoms with van der Waals surface area (Å²) in [6, 6.07) is 0.118. The zero-order valence-electron chi connectivity index (χ0n) is 12.6. The van der Waals surface area contributed by atoms with E-state index in [9.17, 15) is 4.79 Å². The number of halogens is 1. The summed E-state index contributed by atoms with van der Waals surface area (Å²) in [5, 5.41) is 3.73. The first kappa shape index (κ1) is 15.8. The molecule has 6 nitrogen and oxygen atoms in total. The lowest BCUT2D eigenvalue weighted by atomic mass is 10.1. The van der Waals surface area contributed by atoms with Crippen molar-refractivity contribution in [3.63, 3.8) is 0 Å². The lowest BCUT2D eigenvalue weighted by Gasteiger charge is -2.34. The number of carbonyl (C=O) groups excluding carboxylic acids is 1. The third-order valence-corrected chi connectivity index (χ3v) is 3.22. The summed E-state index contributed by atoms with van der Waals surface area (Å²) in [6.07, 6.45) is 4.71. The van der Waals surface area contributed by atoms with E-state index in [4.69, 9.17) is 16.3 Å². The second-order valence-corrected chi connectivity index (χ2v) is 6.57. The Morgan fingerprint density at radius 3 is 2.71 bits per heavy atom. The molecule has 2 heterocycles. The molecule has 0 aromatic carbocycles. The van der Waals surface area contributed by atoms with Crippen molar-refractivity contribution in [2.75, 3.05) is 18.4 Å². The van der Waals surface area contributed by atoms with Crippen molar-refractivity contribution in [1.29, 1.82) is 0 Å². The average molecular weight is 313 g/mol. The van der Waals surface area contributed by atoms with Crippen LogP contribution in [0.25, 0.3) is 0 Å². The molecule has 1 amide bonds. The Hall–Kier alpha value is -1.56. The first-order valence-electron chi connectivity index (χ1n) is 7.05. The molecule has 2 rings (SSSR count). The molecule has 1 atom stereocenters. The maximum absolute atomic E-state index is 12.1. The number of likely N-dealkylation sites (tertiary alicyclic amines) is 1. The van der Waals surface area contributed by atoms with E-state index in [1.54, 1.807) is 17.3 Å². The summed E-state index contributed by atoms with van der Waals surface area (Å²) in [7, 11) is 0. The zero-order valence-corrected chi connectivity index (χ0v) is 13.4. The van der Waals surface area contributed by atoms with E-state index in [-0.39, 0.29) is 12.1 Å². The minimum atomic E-state index is -0.475. The highest BCUT2D eigenvalue weighted by atomic mass is 35.5. The number of carbonyl (C=O) groups is 1. The van der Waals surface area contributed by atoms with Gasteiger partial charge in [0, 0.05) is 19.1 Å². The van der Waals surface area contributed by atoms with Crippen molar-refractivity contribution < 1.29 is 9.53 Å². The number of hydrogen-bond acceptors (Lipinski definition) is 5. The standard InChI is InChI=1S/C14H21ClN4O2/c1-14(2,3)21-13(20)19-6-4-5-11(9-19)18-12-16-7-10(15)8-17-12/h7-8,11H,4-6,9H2,1-3H3,(H,16,17,18)/t11-/m0/s1. The third-order valence-electron chi connectivity index (χ3n) is 3.03. The first-order valence-corrected chi connectivity index (χ1v) is 7.43. The van der Waals surface area contributed by atoms with Crippen LogP contribution in [0, 0.1) is 0 Å². The number of rotatable bonds is 2. The highest BCUT2D eigenvalue weighted by Gasteiger charge is 2.27. The average Bonchev–Trinajstić information content (AvgIpc) is 2.40. The largest absolute Gasteiger partial charge is 0.444 e. The van der Waals surface area contributed by atoms with Gasteiger partial charge >= 0.3 is 6.09 Å². The summed E-state index contributed by atoms with van der Waals surface area (Å²) in [5.74, 6) is 0.524. The van der Waals surface area contributed by atoms with Gasteiger partial charge in [0.1, 0.15) is 5.60 Å². The minimum absolute atomic E-state index is 0.118. The van der Waals surface area contributed by atoms with E-state index in [0.717, 1.165) is 12.8 Å². The summed E-state index contributed by atoms with van der Waals surface area (Å²) in [4.78, 5) is 22.0. The van der Waals surface area contributed by atoms with Crippen LogP contribution >= 0.6 is 11.6 Å². The minimum Gasteiger partial charge on any atom is -0.444 e. The summed E-state index contributed by atoms with van der Waals surface area (Å²) in [6.45, 7) is 6.90. The molecule has 1 N–H and O–H groups in total. The highest BCUT2D eigenvalue weighted by Crippen LogP contribution is 2.17. The number of piperidine rings is 1. The topological polar surface area (TPSA) is 67.3 Å². The van der Waals surface area contributed by atoms with Crippen LogP contribution in [0.3, 0.4) is 0 Å². The van der Waals surface area contributed by atoms with Crippen molar-refractivity contribution in [2.45, 2.75) is 45.3 Å². The maximum Gasteiger partial charge on any atom is 0.410 e. The molecule has 7 heteroatoms. The van der Waals surface area contributed by atoms with Gasteiger partial charge in [-0.1, -0.05) is 11.6 Å². The van der Waals surface area contributed by atoms with Crippen LogP contribution < -0.4 is 5.32 Å². The van der Waals surface area contributed by atoms with Crippen LogP contribution in [-0.2, 0) is 4.74 Å². The van der Waals surface area contributed by atoms with Crippen LogP contribution in [0.4, 0.5) is 10.7 Å². The fraction of sp³-hybridized carbons (Fsp3) is 0.643. The number of nitrogens with zero attached hydrogens (tertiary/aromatic N) is 3. The molecule has 0 aliphatic carbocycles. The van der Waals surface area contributed by atoms with Crippen LogP contribution in [-0.4, -0.2) is 45.7 Å². The molecule has 1 aliphatic heterocycles. The molecular formula is C14H21ClN4O2. The number of anilines is 1. The maximum atomic E-state index is 12.1. The van der Waals surface area contributed by atoms with Gasteiger partial charge < -0.3 is 15.0 Å². The van der Waals surface area contributed by atoms with Crippen LogP contribution in [0.5, 0.6) is 0 Å². The van der Waals surface area contributed by atoms with Crippen molar-refractivity contribution in [3.05, 3.63) is 17.4 Å². The molecule has 1 aliphatic rings. The van der Waals surface area contributed by atoms with Gasteiger partial charge in [0.15, 0.2) is 0 Å². The monoisotopic (exact) mass is 312 g/mol. The molecule has 0 bridgehead atoms. The SMILES string of the molecule is CC(C)(C)OC(=O)N1CCC[C@H](Nc2ncc(Cl)cn2)C1. The van der Waals surface area contributed by atoms with Crippen molar-refractivity contribution >= 4 is 23.6 Å². The molecular weight excluding hydrogens is 292 g/mol. The lowest BCUT2D eigenvalue weighted by Crippen LogP contribution is -2.47. The predicted octanol–water partition coefficient (Wildman–Crippen LogP) is 2.94. The Morgan fingerprint density at radius 1 is 1.43 bits per heavy atom. The van der Waals surface area contributed by atoms with Crippen LogP contribution in [0.15, 0.2) is 12.4 Å². The molecule has 1 saturated heterocycles. The number of hydrogen-bond donors (Lipinski definition) is 1. The highest BCUT2D eigenvalue weighted by molar-refractivity contribution is 6.30. The fourth-order valence-corrected chi connectivity index (χ4v) is 2.25. The summed E-state index contributed by atoms with van der Waals surface area (Å²) < 4.78 is 5.40. The molecule has 116 valence electrons. The zero-order chi connectivity index (χ0) is 15.5. The van der Waals surface area contributed by atoms with Gasteiger partial charge in [0.05, 0.1) is 17.4 Å². The second kappa shape index (κ2) is 6.47. The Bertz CT molecular complexity index is 487. The molecule has 0 radical (unpaired) electrons. The molecule has 1 aromatic heterocycles. The molecule has 0 unspecified atom stereocenters. The van der Waals surface area contributed by atoms with E-state index in [2.05, 4.69) is 15.3 Å².